The van der Waals surface area contributed by atoms with Crippen molar-refractivity contribution in [1.29, 1.82) is 0 Å². The Morgan fingerprint density at radius 3 is 2.78 bits per heavy atom. The zero-order chi connectivity index (χ0) is 13.3. The number of hydrogen-bond acceptors (Lipinski definition) is 5. The zero-order valence-corrected chi connectivity index (χ0v) is 9.67. The lowest BCUT2D eigenvalue weighted by molar-refractivity contribution is -0.155. The van der Waals surface area contributed by atoms with Gasteiger partial charge in [0.1, 0.15) is 6.54 Å². The first kappa shape index (κ1) is 12.1. The second-order valence-corrected chi connectivity index (χ2v) is 3.99. The zero-order valence-electron chi connectivity index (χ0n) is 9.67. The lowest BCUT2D eigenvalue weighted by Gasteiger charge is -2.17. The molecule has 0 aromatic heterocycles. The molecule has 0 radical (unpaired) electrons. The van der Waals surface area contributed by atoms with E-state index in [4.69, 9.17) is 5.11 Å². The normalized spacial score (nSPS) is 19.8. The summed E-state index contributed by atoms with van der Waals surface area (Å²) in [5.41, 5.74) is 0.883. The van der Waals surface area contributed by atoms with E-state index in [0.717, 1.165) is 0 Å². The van der Waals surface area contributed by atoms with Crippen LogP contribution in [0.25, 0.3) is 0 Å². The van der Waals surface area contributed by atoms with Crippen LogP contribution in [0, 0.1) is 0 Å². The smallest absolute Gasteiger partial charge is 0.347 e. The molecule has 18 heavy (non-hydrogen) atoms. The first-order chi connectivity index (χ1) is 8.49. The van der Waals surface area contributed by atoms with Gasteiger partial charge in [0.2, 0.25) is 0 Å². The standard InChI is InChI=1S/C12H11NO5/c1-13-6-10(14)18-12(17)8-4-2-7(11(15)16)3-5-9(8)13/h2,4-5H,3,6H2,1H3,(H,15,16). The Bertz CT molecular complexity index is 527. The van der Waals surface area contributed by atoms with Gasteiger partial charge in [-0.25, -0.2) is 14.4 Å². The Morgan fingerprint density at radius 1 is 1.39 bits per heavy atom. The van der Waals surface area contributed by atoms with Gasteiger partial charge in [-0.1, -0.05) is 12.2 Å². The number of carbonyl (C=O) groups excluding carboxylic acids is 2. The molecule has 1 heterocycles. The highest BCUT2D eigenvalue weighted by atomic mass is 16.6. The van der Waals surface area contributed by atoms with Gasteiger partial charge in [0.15, 0.2) is 0 Å². The largest absolute Gasteiger partial charge is 0.478 e. The number of carboxylic acid groups (broad SMARTS) is 1. The number of ether oxygens (including phenoxy) is 1. The van der Waals surface area contributed by atoms with Gasteiger partial charge < -0.3 is 14.7 Å². The second-order valence-electron chi connectivity index (χ2n) is 3.99. The molecule has 94 valence electrons. The Morgan fingerprint density at radius 2 is 2.11 bits per heavy atom. The molecule has 0 unspecified atom stereocenters. The van der Waals surface area contributed by atoms with Crippen molar-refractivity contribution in [2.75, 3.05) is 13.6 Å². The highest BCUT2D eigenvalue weighted by Gasteiger charge is 2.28. The molecule has 6 heteroatoms. The van der Waals surface area contributed by atoms with Crippen molar-refractivity contribution in [1.82, 2.24) is 4.90 Å². The number of hydrogen-bond donors (Lipinski definition) is 1. The number of nitrogens with zero attached hydrogens (tertiary/aromatic N) is 1. The summed E-state index contributed by atoms with van der Waals surface area (Å²) in [6.07, 6.45) is 4.53. The second kappa shape index (κ2) is 4.48. The molecule has 1 aliphatic heterocycles. The van der Waals surface area contributed by atoms with Crippen LogP contribution in [0.15, 0.2) is 35.1 Å². The van der Waals surface area contributed by atoms with E-state index >= 15 is 0 Å². The average Bonchev–Trinajstić information content (AvgIpc) is 2.54. The third-order valence-electron chi connectivity index (χ3n) is 2.72. The Balaban J connectivity index is 2.45. The lowest BCUT2D eigenvalue weighted by atomic mass is 10.1. The maximum absolute atomic E-state index is 11.7. The quantitative estimate of drug-likeness (QED) is 0.529. The number of carboxylic acids is 1. The predicted octanol–water partition coefficient (Wildman–Crippen LogP) is 0.227. The van der Waals surface area contributed by atoms with Gasteiger partial charge >= 0.3 is 17.9 Å². The summed E-state index contributed by atoms with van der Waals surface area (Å²) in [5, 5.41) is 8.92. The first-order valence-electron chi connectivity index (χ1n) is 5.30. The summed E-state index contributed by atoms with van der Waals surface area (Å²) in [4.78, 5) is 35.4. The number of esters is 2. The van der Waals surface area contributed by atoms with Gasteiger partial charge in [0.25, 0.3) is 0 Å². The topological polar surface area (TPSA) is 83.9 Å². The molecule has 6 nitrogen and oxygen atoms in total. The van der Waals surface area contributed by atoms with Crippen LogP contribution in [0.4, 0.5) is 0 Å². The third-order valence-corrected chi connectivity index (χ3v) is 2.72. The molecule has 0 bridgehead atoms. The van der Waals surface area contributed by atoms with Crippen LogP contribution in [0.2, 0.25) is 0 Å². The van der Waals surface area contributed by atoms with Crippen LogP contribution in [-0.2, 0) is 19.1 Å². The number of carbonyl (C=O) groups is 3. The molecule has 0 amide bonds. The summed E-state index contributed by atoms with van der Waals surface area (Å²) >= 11 is 0. The van der Waals surface area contributed by atoms with Crippen LogP contribution < -0.4 is 0 Å². The first-order valence-corrected chi connectivity index (χ1v) is 5.30. The maximum Gasteiger partial charge on any atom is 0.347 e. The fourth-order valence-electron chi connectivity index (χ4n) is 1.82. The van der Waals surface area contributed by atoms with E-state index in [2.05, 4.69) is 4.74 Å². The van der Waals surface area contributed by atoms with Crippen molar-refractivity contribution in [2.45, 2.75) is 6.42 Å². The molecule has 0 spiro atoms. The van der Waals surface area contributed by atoms with Gasteiger partial charge in [-0.2, -0.15) is 0 Å². The van der Waals surface area contributed by atoms with Crippen molar-refractivity contribution in [2.24, 2.45) is 0 Å². The maximum atomic E-state index is 11.7. The molecule has 0 atom stereocenters. The predicted molar refractivity (Wildman–Crippen MR) is 60.2 cm³/mol. The summed E-state index contributed by atoms with van der Waals surface area (Å²) in [5.74, 6) is -2.41. The molecule has 1 saturated heterocycles. The minimum absolute atomic E-state index is 0.0443. The summed E-state index contributed by atoms with van der Waals surface area (Å²) in [7, 11) is 1.64. The lowest BCUT2D eigenvalue weighted by Crippen LogP contribution is -2.23. The number of cyclic esters (lactones) is 2. The molecule has 0 saturated carbocycles. The molecule has 1 N–H and O–H groups in total. The Hall–Kier alpha value is -2.37. The summed E-state index contributed by atoms with van der Waals surface area (Å²) in [6, 6.07) is 0. The fraction of sp³-hybridized carbons (Fsp3) is 0.250. The summed E-state index contributed by atoms with van der Waals surface area (Å²) in [6.45, 7) is -0.0443. The van der Waals surface area contributed by atoms with Crippen LogP contribution in [0.5, 0.6) is 0 Å². The molecule has 2 rings (SSSR count). The van der Waals surface area contributed by atoms with Crippen molar-refractivity contribution in [3.05, 3.63) is 35.1 Å². The van der Waals surface area contributed by atoms with E-state index in [1.54, 1.807) is 18.0 Å². The molecule has 0 aromatic carbocycles. The van der Waals surface area contributed by atoms with E-state index in [-0.39, 0.29) is 24.1 Å². The van der Waals surface area contributed by atoms with E-state index in [1.165, 1.54) is 12.2 Å². The van der Waals surface area contributed by atoms with Gasteiger partial charge in [-0.05, 0) is 12.5 Å². The molecule has 1 aliphatic carbocycles. The van der Waals surface area contributed by atoms with Gasteiger partial charge in [0, 0.05) is 18.3 Å². The molecule has 1 fully saturated rings. The highest BCUT2D eigenvalue weighted by molar-refractivity contribution is 6.02. The van der Waals surface area contributed by atoms with Gasteiger partial charge in [-0.15, -0.1) is 0 Å². The van der Waals surface area contributed by atoms with Crippen LogP contribution >= 0.6 is 0 Å². The molecule has 0 aromatic rings. The van der Waals surface area contributed by atoms with E-state index in [0.29, 0.717) is 5.70 Å². The molecular formula is C12H11NO5. The number of fused-ring (bicyclic) bond motifs is 1. The summed E-state index contributed by atoms with van der Waals surface area (Å²) < 4.78 is 4.60. The number of rotatable bonds is 1. The SMILES string of the molecule is CN1CC(=O)OC(=O)C2=CC=C(C(=O)O)CC=C21. The van der Waals surface area contributed by atoms with Crippen LogP contribution in [0.3, 0.4) is 0 Å². The van der Waals surface area contributed by atoms with E-state index < -0.39 is 17.9 Å². The van der Waals surface area contributed by atoms with E-state index in [9.17, 15) is 14.4 Å². The minimum Gasteiger partial charge on any atom is -0.478 e. The number of allylic oxidation sites excluding steroid dienone is 3. The van der Waals surface area contributed by atoms with Crippen LogP contribution in [0.1, 0.15) is 6.42 Å². The Labute approximate surface area is 103 Å². The number of aliphatic carboxylic acids is 1. The van der Waals surface area contributed by atoms with Crippen molar-refractivity contribution in [3.63, 3.8) is 0 Å². The van der Waals surface area contributed by atoms with Crippen LogP contribution in [-0.4, -0.2) is 41.5 Å². The third kappa shape index (κ3) is 2.17. The average molecular weight is 249 g/mol. The van der Waals surface area contributed by atoms with Gasteiger partial charge in [-0.3, -0.25) is 0 Å². The monoisotopic (exact) mass is 249 g/mol. The highest BCUT2D eigenvalue weighted by Crippen LogP contribution is 2.24. The molecular weight excluding hydrogens is 238 g/mol. The van der Waals surface area contributed by atoms with E-state index in [1.807, 2.05) is 0 Å². The van der Waals surface area contributed by atoms with Crippen molar-refractivity contribution >= 4 is 17.9 Å². The minimum atomic E-state index is -1.03. The van der Waals surface area contributed by atoms with Gasteiger partial charge in [0.05, 0.1) is 5.57 Å². The fourth-order valence-corrected chi connectivity index (χ4v) is 1.82. The van der Waals surface area contributed by atoms with Crippen molar-refractivity contribution < 1.29 is 24.2 Å². The molecule has 2 aliphatic rings. The number of likely N-dealkylation sites (N-methyl/N-ethyl adjacent to an activating group) is 1. The van der Waals surface area contributed by atoms with Crippen molar-refractivity contribution in [3.8, 4) is 0 Å². The Kier molecular flexibility index (Phi) is 3.01.